The van der Waals surface area contributed by atoms with Crippen LogP contribution in [0.25, 0.3) is 11.1 Å². The molecule has 9 heteroatoms. The lowest BCUT2D eigenvalue weighted by atomic mass is 9.86. The Bertz CT molecular complexity index is 1250. The molecule has 3 N–H and O–H groups in total. The first-order chi connectivity index (χ1) is 16.6. The number of carboxylic acid groups (broad SMARTS) is 1. The van der Waals surface area contributed by atoms with Gasteiger partial charge in [0, 0.05) is 19.0 Å². The van der Waals surface area contributed by atoms with E-state index in [4.69, 9.17) is 4.74 Å². The van der Waals surface area contributed by atoms with Gasteiger partial charge in [-0.15, -0.1) is 0 Å². The third-order valence-corrected chi connectivity index (χ3v) is 6.07. The second-order valence-corrected chi connectivity index (χ2v) is 9.60. The standard InChI is InChI=1S/C26H28N4O5/c1-26(2,3)22(24(32)33)28-23(31)20-13-21(30(4)29-20)27-25(34)35-14-19-17-11-7-5-9-15(17)16-10-6-8-12-18(16)19/h5-13,19,22H,14H2,1-4H3,(H,27,34)(H,28,31)(H,32,33). The lowest BCUT2D eigenvalue weighted by Gasteiger charge is -2.27. The minimum absolute atomic E-state index is 0.0167. The maximum Gasteiger partial charge on any atom is 0.412 e. The number of ether oxygens (including phenoxy) is 1. The molecule has 0 fully saturated rings. The highest BCUT2D eigenvalue weighted by molar-refractivity contribution is 5.96. The Hall–Kier alpha value is -4.14. The van der Waals surface area contributed by atoms with Crippen molar-refractivity contribution >= 4 is 23.8 Å². The third kappa shape index (κ3) is 4.89. The topological polar surface area (TPSA) is 123 Å². The van der Waals surface area contributed by atoms with Gasteiger partial charge in [-0.3, -0.25) is 14.8 Å². The van der Waals surface area contributed by atoms with E-state index in [0.29, 0.717) is 0 Å². The molecule has 0 saturated heterocycles. The molecular weight excluding hydrogens is 448 g/mol. The molecule has 1 unspecified atom stereocenters. The number of carbonyl (C=O) groups excluding carboxylic acids is 2. The van der Waals surface area contributed by atoms with Crippen molar-refractivity contribution in [3.05, 3.63) is 71.4 Å². The van der Waals surface area contributed by atoms with Crippen LogP contribution in [0.5, 0.6) is 0 Å². The zero-order valence-corrected chi connectivity index (χ0v) is 20.0. The summed E-state index contributed by atoms with van der Waals surface area (Å²) in [7, 11) is 1.56. The predicted octanol–water partition coefficient (Wildman–Crippen LogP) is 4.01. The normalized spacial score (nSPS) is 13.5. The molecule has 0 radical (unpaired) electrons. The summed E-state index contributed by atoms with van der Waals surface area (Å²) in [5, 5.41) is 18.6. The van der Waals surface area contributed by atoms with Gasteiger partial charge in [0.1, 0.15) is 18.5 Å². The van der Waals surface area contributed by atoms with Crippen LogP contribution in [-0.2, 0) is 16.6 Å². The fourth-order valence-electron chi connectivity index (χ4n) is 4.29. The highest BCUT2D eigenvalue weighted by Gasteiger charge is 2.33. The molecule has 0 aliphatic heterocycles. The van der Waals surface area contributed by atoms with Gasteiger partial charge in [0.05, 0.1) is 0 Å². The summed E-state index contributed by atoms with van der Waals surface area (Å²) in [6.07, 6.45) is -0.681. The van der Waals surface area contributed by atoms with E-state index in [1.54, 1.807) is 27.8 Å². The van der Waals surface area contributed by atoms with E-state index >= 15 is 0 Å². The van der Waals surface area contributed by atoms with E-state index in [-0.39, 0.29) is 24.0 Å². The van der Waals surface area contributed by atoms with Gasteiger partial charge < -0.3 is 15.2 Å². The van der Waals surface area contributed by atoms with Gasteiger partial charge in [-0.05, 0) is 27.7 Å². The molecule has 1 atom stereocenters. The molecule has 0 bridgehead atoms. The molecule has 2 aromatic carbocycles. The number of carboxylic acids is 1. The van der Waals surface area contributed by atoms with Gasteiger partial charge in [-0.25, -0.2) is 9.59 Å². The zero-order chi connectivity index (χ0) is 25.3. The van der Waals surface area contributed by atoms with Crippen molar-refractivity contribution in [3.63, 3.8) is 0 Å². The van der Waals surface area contributed by atoms with Crippen LogP contribution in [0.4, 0.5) is 10.6 Å². The van der Waals surface area contributed by atoms with Crippen LogP contribution >= 0.6 is 0 Å². The summed E-state index contributed by atoms with van der Waals surface area (Å²) in [5.74, 6) is -1.62. The molecule has 2 amide bonds. The summed E-state index contributed by atoms with van der Waals surface area (Å²) in [6, 6.07) is 16.4. The van der Waals surface area contributed by atoms with Crippen LogP contribution in [0.15, 0.2) is 54.6 Å². The maximum atomic E-state index is 12.6. The molecular formula is C26H28N4O5. The van der Waals surface area contributed by atoms with Gasteiger partial charge in [0.15, 0.2) is 5.69 Å². The number of aryl methyl sites for hydroxylation is 1. The van der Waals surface area contributed by atoms with Gasteiger partial charge in [0.25, 0.3) is 5.91 Å². The number of carbonyl (C=O) groups is 3. The second kappa shape index (κ2) is 9.25. The highest BCUT2D eigenvalue weighted by atomic mass is 16.5. The Labute approximate surface area is 203 Å². The highest BCUT2D eigenvalue weighted by Crippen LogP contribution is 2.44. The minimum Gasteiger partial charge on any atom is -0.480 e. The fraction of sp³-hybridized carbons (Fsp3) is 0.308. The van der Waals surface area contributed by atoms with Crippen molar-refractivity contribution in [1.29, 1.82) is 0 Å². The third-order valence-electron chi connectivity index (χ3n) is 6.07. The molecule has 35 heavy (non-hydrogen) atoms. The Balaban J connectivity index is 1.42. The lowest BCUT2D eigenvalue weighted by Crippen LogP contribution is -2.49. The zero-order valence-electron chi connectivity index (χ0n) is 20.0. The maximum absolute atomic E-state index is 12.6. The van der Waals surface area contributed by atoms with E-state index < -0.39 is 29.4 Å². The lowest BCUT2D eigenvalue weighted by molar-refractivity contribution is -0.142. The van der Waals surface area contributed by atoms with Crippen LogP contribution in [0, 0.1) is 5.41 Å². The number of fused-ring (bicyclic) bond motifs is 3. The van der Waals surface area contributed by atoms with E-state index in [0.717, 1.165) is 22.3 Å². The Morgan fingerprint density at radius 3 is 2.17 bits per heavy atom. The predicted molar refractivity (Wildman–Crippen MR) is 130 cm³/mol. The SMILES string of the molecule is Cn1nc(C(=O)NC(C(=O)O)C(C)(C)C)cc1NC(=O)OCC1c2ccccc2-c2ccccc21. The van der Waals surface area contributed by atoms with Crippen molar-refractivity contribution in [3.8, 4) is 11.1 Å². The molecule has 0 spiro atoms. The smallest absolute Gasteiger partial charge is 0.412 e. The fourth-order valence-corrected chi connectivity index (χ4v) is 4.29. The number of amides is 2. The summed E-state index contributed by atoms with van der Waals surface area (Å²) < 4.78 is 6.86. The molecule has 0 saturated carbocycles. The van der Waals surface area contributed by atoms with Gasteiger partial charge >= 0.3 is 12.1 Å². The number of anilines is 1. The van der Waals surface area contributed by atoms with Crippen molar-refractivity contribution in [2.75, 3.05) is 11.9 Å². The minimum atomic E-state index is -1.14. The second-order valence-electron chi connectivity index (χ2n) is 9.60. The summed E-state index contributed by atoms with van der Waals surface area (Å²) in [5.41, 5.74) is 3.76. The largest absolute Gasteiger partial charge is 0.480 e. The molecule has 3 aromatic rings. The molecule has 9 nitrogen and oxygen atoms in total. The quantitative estimate of drug-likeness (QED) is 0.494. The Kier molecular flexibility index (Phi) is 6.34. The Morgan fingerprint density at radius 2 is 1.63 bits per heavy atom. The number of benzene rings is 2. The van der Waals surface area contributed by atoms with E-state index in [1.165, 1.54) is 10.7 Å². The monoisotopic (exact) mass is 476 g/mol. The number of hydrogen-bond donors (Lipinski definition) is 3. The van der Waals surface area contributed by atoms with Crippen LogP contribution in [0.3, 0.4) is 0 Å². The van der Waals surface area contributed by atoms with Gasteiger partial charge in [0.2, 0.25) is 0 Å². The molecule has 1 aliphatic rings. The number of rotatable bonds is 6. The van der Waals surface area contributed by atoms with Gasteiger partial charge in [-0.2, -0.15) is 5.10 Å². The molecule has 1 aromatic heterocycles. The summed E-state index contributed by atoms with van der Waals surface area (Å²) in [6.45, 7) is 5.30. The van der Waals surface area contributed by atoms with E-state index in [9.17, 15) is 19.5 Å². The number of nitrogens with one attached hydrogen (secondary N) is 2. The first kappa shape index (κ1) is 24.0. The van der Waals surface area contributed by atoms with Crippen LogP contribution < -0.4 is 10.6 Å². The molecule has 182 valence electrons. The van der Waals surface area contributed by atoms with Crippen LogP contribution in [-0.4, -0.2) is 45.5 Å². The van der Waals surface area contributed by atoms with Crippen molar-refractivity contribution in [2.24, 2.45) is 12.5 Å². The number of aliphatic carboxylic acids is 1. The average molecular weight is 477 g/mol. The van der Waals surface area contributed by atoms with Crippen LogP contribution in [0.2, 0.25) is 0 Å². The molecule has 4 rings (SSSR count). The van der Waals surface area contributed by atoms with Crippen LogP contribution in [0.1, 0.15) is 48.3 Å². The summed E-state index contributed by atoms with van der Waals surface area (Å²) >= 11 is 0. The number of hydrogen-bond acceptors (Lipinski definition) is 5. The first-order valence-corrected chi connectivity index (χ1v) is 11.3. The molecule has 1 heterocycles. The van der Waals surface area contributed by atoms with E-state index in [1.807, 2.05) is 36.4 Å². The average Bonchev–Trinajstić information content (AvgIpc) is 3.32. The van der Waals surface area contributed by atoms with Crippen molar-refractivity contribution in [2.45, 2.75) is 32.7 Å². The first-order valence-electron chi connectivity index (χ1n) is 11.3. The number of aromatic nitrogens is 2. The summed E-state index contributed by atoms with van der Waals surface area (Å²) in [4.78, 5) is 36.7. The Morgan fingerprint density at radius 1 is 1.06 bits per heavy atom. The molecule has 1 aliphatic carbocycles. The van der Waals surface area contributed by atoms with Crippen molar-refractivity contribution in [1.82, 2.24) is 15.1 Å². The van der Waals surface area contributed by atoms with Gasteiger partial charge in [-0.1, -0.05) is 69.3 Å². The number of nitrogens with zero attached hydrogens (tertiary/aromatic N) is 2. The van der Waals surface area contributed by atoms with E-state index in [2.05, 4.69) is 27.9 Å². The van der Waals surface area contributed by atoms with Crippen molar-refractivity contribution < 1.29 is 24.2 Å².